The van der Waals surface area contributed by atoms with Gasteiger partial charge in [-0.15, -0.1) is 11.3 Å². The molecule has 180 valence electrons. The highest BCUT2D eigenvalue weighted by atomic mass is 32.1. The second kappa shape index (κ2) is 9.19. The van der Waals surface area contributed by atoms with E-state index in [2.05, 4.69) is 0 Å². The summed E-state index contributed by atoms with van der Waals surface area (Å²) in [5.74, 6) is 0.409. The van der Waals surface area contributed by atoms with Crippen molar-refractivity contribution in [2.45, 2.75) is 37.8 Å². The van der Waals surface area contributed by atoms with Gasteiger partial charge in [0.05, 0.1) is 18.0 Å². The van der Waals surface area contributed by atoms with Crippen molar-refractivity contribution in [3.8, 4) is 11.5 Å². The lowest BCUT2D eigenvalue weighted by molar-refractivity contribution is -0.143. The second-order valence-electron chi connectivity index (χ2n) is 8.97. The van der Waals surface area contributed by atoms with Crippen LogP contribution < -0.4 is 9.47 Å². The number of amides is 3. The Kier molecular flexibility index (Phi) is 6.06. The minimum absolute atomic E-state index is 0.0483. The molecule has 3 heterocycles. The number of likely N-dealkylation sites (tertiary alicyclic amines) is 1. The zero-order valence-corrected chi connectivity index (χ0v) is 20.4. The zero-order chi connectivity index (χ0) is 24.6. The van der Waals surface area contributed by atoms with Gasteiger partial charge in [0.25, 0.3) is 0 Å². The Morgan fingerprint density at radius 1 is 1.09 bits per heavy atom. The minimum atomic E-state index is -1.24. The fraction of sp³-hybridized carbons (Fsp3) is 0.296. The van der Waals surface area contributed by atoms with Crippen LogP contribution in [0.25, 0.3) is 0 Å². The Morgan fingerprint density at radius 2 is 1.86 bits per heavy atom. The van der Waals surface area contributed by atoms with E-state index < -0.39 is 5.41 Å². The van der Waals surface area contributed by atoms with Gasteiger partial charge in [0.1, 0.15) is 0 Å². The third-order valence-corrected chi connectivity index (χ3v) is 7.94. The van der Waals surface area contributed by atoms with Gasteiger partial charge in [0.15, 0.2) is 11.5 Å². The van der Waals surface area contributed by atoms with Crippen LogP contribution in [-0.4, -0.2) is 41.4 Å². The molecule has 0 saturated carbocycles. The summed E-state index contributed by atoms with van der Waals surface area (Å²) in [5.41, 5.74) is 0.196. The Labute approximate surface area is 207 Å². The molecule has 1 aromatic heterocycles. The van der Waals surface area contributed by atoms with Crippen molar-refractivity contribution in [3.05, 3.63) is 82.0 Å². The monoisotopic (exact) mass is 490 g/mol. The molecule has 1 saturated heterocycles. The van der Waals surface area contributed by atoms with Crippen LogP contribution in [0.3, 0.4) is 0 Å². The number of carbonyl (C=O) groups excluding carboxylic acids is 3. The number of fused-ring (bicyclic) bond motifs is 1. The van der Waals surface area contributed by atoms with Crippen LogP contribution >= 0.6 is 11.3 Å². The molecule has 3 amide bonds. The number of carbonyl (C=O) groups is 3. The second-order valence-corrected chi connectivity index (χ2v) is 9.95. The Balaban J connectivity index is 1.43. The summed E-state index contributed by atoms with van der Waals surface area (Å²) in [6, 6.07) is 18.4. The van der Waals surface area contributed by atoms with Crippen molar-refractivity contribution in [2.75, 3.05) is 13.8 Å². The van der Waals surface area contributed by atoms with E-state index in [4.69, 9.17) is 9.47 Å². The molecule has 2 aliphatic rings. The molecule has 8 heteroatoms. The van der Waals surface area contributed by atoms with Crippen molar-refractivity contribution in [1.82, 2.24) is 9.80 Å². The lowest BCUT2D eigenvalue weighted by atomic mass is 9.75. The number of thiophene rings is 1. The maximum atomic E-state index is 13.9. The number of nitrogens with zero attached hydrogens (tertiary/aromatic N) is 2. The fourth-order valence-corrected chi connectivity index (χ4v) is 5.55. The standard InChI is InChI=1S/C27H26N2O5S/c1-18(23-9-6-12-35-23)28(2)24(30)14-27(20-7-4-3-5-8-20)15-25(31)29(26(27)32)16-19-10-11-21-22(13-19)34-17-33-21/h3-13,18H,14-17H2,1-2H3/t18-,27-/m0/s1. The van der Waals surface area contributed by atoms with Gasteiger partial charge >= 0.3 is 0 Å². The molecular formula is C27H26N2O5S. The number of imide groups is 1. The molecule has 2 aromatic carbocycles. The van der Waals surface area contributed by atoms with E-state index >= 15 is 0 Å². The van der Waals surface area contributed by atoms with Gasteiger partial charge in [-0.1, -0.05) is 42.5 Å². The highest BCUT2D eigenvalue weighted by Gasteiger charge is 2.54. The quantitative estimate of drug-likeness (QED) is 0.462. The van der Waals surface area contributed by atoms with Crippen LogP contribution in [0.5, 0.6) is 11.5 Å². The van der Waals surface area contributed by atoms with Gasteiger partial charge in [-0.3, -0.25) is 19.3 Å². The van der Waals surface area contributed by atoms with Gasteiger partial charge in [-0.2, -0.15) is 0 Å². The Hall–Kier alpha value is -3.65. The molecule has 5 rings (SSSR count). The van der Waals surface area contributed by atoms with Crippen molar-refractivity contribution in [3.63, 3.8) is 0 Å². The molecular weight excluding hydrogens is 464 g/mol. The first-order valence-electron chi connectivity index (χ1n) is 11.5. The van der Waals surface area contributed by atoms with Crippen molar-refractivity contribution in [2.24, 2.45) is 0 Å². The minimum Gasteiger partial charge on any atom is -0.454 e. The molecule has 7 nitrogen and oxygen atoms in total. The van der Waals surface area contributed by atoms with E-state index in [0.29, 0.717) is 17.1 Å². The van der Waals surface area contributed by atoms with Crippen molar-refractivity contribution in [1.29, 1.82) is 0 Å². The summed E-state index contributed by atoms with van der Waals surface area (Å²) in [6.07, 6.45) is -0.126. The average Bonchev–Trinajstić information content (AvgIpc) is 3.61. The van der Waals surface area contributed by atoms with E-state index in [9.17, 15) is 14.4 Å². The highest BCUT2D eigenvalue weighted by Crippen LogP contribution is 2.42. The maximum Gasteiger partial charge on any atom is 0.241 e. The Morgan fingerprint density at radius 3 is 2.60 bits per heavy atom. The molecule has 3 aromatic rings. The van der Waals surface area contributed by atoms with Crippen molar-refractivity contribution >= 4 is 29.1 Å². The predicted octanol–water partition coefficient (Wildman–Crippen LogP) is 4.28. The summed E-state index contributed by atoms with van der Waals surface area (Å²) >= 11 is 1.58. The van der Waals surface area contributed by atoms with E-state index in [1.165, 1.54) is 4.90 Å². The number of hydrogen-bond donors (Lipinski definition) is 0. The molecule has 0 spiro atoms. The van der Waals surface area contributed by atoms with E-state index in [-0.39, 0.29) is 49.9 Å². The van der Waals surface area contributed by atoms with Crippen LogP contribution in [0.1, 0.15) is 41.8 Å². The molecule has 2 aliphatic heterocycles. The summed E-state index contributed by atoms with van der Waals surface area (Å²) in [7, 11) is 1.75. The summed E-state index contributed by atoms with van der Waals surface area (Å²) < 4.78 is 10.8. The van der Waals surface area contributed by atoms with Crippen LogP contribution in [0.4, 0.5) is 0 Å². The van der Waals surface area contributed by atoms with Gasteiger partial charge in [-0.25, -0.2) is 0 Å². The van der Waals surface area contributed by atoms with Crippen LogP contribution in [0.15, 0.2) is 66.0 Å². The Bertz CT molecular complexity index is 1260. The molecule has 1 fully saturated rings. The van der Waals surface area contributed by atoms with Gasteiger partial charge < -0.3 is 14.4 Å². The predicted molar refractivity (Wildman–Crippen MR) is 131 cm³/mol. The first kappa shape index (κ1) is 23.1. The largest absolute Gasteiger partial charge is 0.454 e. The lowest BCUT2D eigenvalue weighted by Crippen LogP contribution is -2.43. The average molecular weight is 491 g/mol. The molecule has 0 N–H and O–H groups in total. The lowest BCUT2D eigenvalue weighted by Gasteiger charge is -2.31. The molecule has 35 heavy (non-hydrogen) atoms. The normalized spacial score (nSPS) is 19.8. The van der Waals surface area contributed by atoms with Crippen molar-refractivity contribution < 1.29 is 23.9 Å². The van der Waals surface area contributed by atoms with Crippen LogP contribution in [-0.2, 0) is 26.3 Å². The molecule has 0 bridgehead atoms. The van der Waals surface area contributed by atoms with Crippen LogP contribution in [0.2, 0.25) is 0 Å². The van der Waals surface area contributed by atoms with E-state index in [1.54, 1.807) is 35.4 Å². The van der Waals surface area contributed by atoms with Gasteiger partial charge in [0.2, 0.25) is 24.5 Å². The summed E-state index contributed by atoms with van der Waals surface area (Å²) in [5, 5.41) is 1.97. The van der Waals surface area contributed by atoms with Gasteiger partial charge in [-0.05, 0) is 41.6 Å². The molecule has 0 radical (unpaired) electrons. The number of ether oxygens (including phenoxy) is 2. The fourth-order valence-electron chi connectivity index (χ4n) is 4.72. The number of benzene rings is 2. The molecule has 0 aliphatic carbocycles. The smallest absolute Gasteiger partial charge is 0.241 e. The topological polar surface area (TPSA) is 76.2 Å². The van der Waals surface area contributed by atoms with E-state index in [0.717, 1.165) is 10.4 Å². The molecule has 0 unspecified atom stereocenters. The maximum absolute atomic E-state index is 13.9. The third-order valence-electron chi connectivity index (χ3n) is 6.89. The van der Waals surface area contributed by atoms with Gasteiger partial charge in [0, 0.05) is 24.8 Å². The number of hydrogen-bond acceptors (Lipinski definition) is 6. The zero-order valence-electron chi connectivity index (χ0n) is 19.6. The highest BCUT2D eigenvalue weighted by molar-refractivity contribution is 7.10. The first-order chi connectivity index (χ1) is 16.9. The van der Waals surface area contributed by atoms with Crippen LogP contribution in [0, 0.1) is 0 Å². The number of rotatable bonds is 7. The van der Waals surface area contributed by atoms with E-state index in [1.807, 2.05) is 60.8 Å². The third kappa shape index (κ3) is 4.18. The summed E-state index contributed by atoms with van der Waals surface area (Å²) in [6.45, 7) is 2.22. The first-order valence-corrected chi connectivity index (χ1v) is 12.3. The summed E-state index contributed by atoms with van der Waals surface area (Å²) in [4.78, 5) is 44.6. The SMILES string of the molecule is C[C@@H](c1cccs1)N(C)C(=O)C[C@@]1(c2ccccc2)CC(=O)N(Cc2ccc3c(c2)OCO3)C1=O. The molecule has 2 atom stereocenters.